The Bertz CT molecular complexity index is 1370. The number of rotatable bonds is 1. The van der Waals surface area contributed by atoms with E-state index in [4.69, 9.17) is 0 Å². The molecular weight excluding hydrogens is 402 g/mol. The monoisotopic (exact) mass is 414 g/mol. The molecule has 0 radical (unpaired) electrons. The molecule has 0 aromatic heterocycles. The molecule has 0 bridgehead atoms. The average Bonchev–Trinajstić information content (AvgIpc) is 2.65. The van der Waals surface area contributed by atoms with E-state index in [1.165, 1.54) is 12.0 Å². The van der Waals surface area contributed by atoms with Crippen LogP contribution in [-0.2, 0) is 0 Å². The molecule has 0 saturated carbocycles. The van der Waals surface area contributed by atoms with Crippen molar-refractivity contribution in [2.24, 2.45) is 0 Å². The topological polar surface area (TPSA) is 0 Å². The number of benzene rings is 4. The van der Waals surface area contributed by atoms with Crippen LogP contribution in [0.25, 0.3) is 32.7 Å². The lowest BCUT2D eigenvalue weighted by Gasteiger charge is -2.10. The number of alkyl halides is 3. The fraction of sp³-hybridized carbons (Fsp3) is 0.0833. The second-order valence-electron chi connectivity index (χ2n) is 6.92. The Morgan fingerprint density at radius 3 is 2.10 bits per heavy atom. The summed E-state index contributed by atoms with van der Waals surface area (Å²) in [6.07, 6.45) is -4.93. The van der Waals surface area contributed by atoms with Crippen molar-refractivity contribution in [1.82, 2.24) is 0 Å². The lowest BCUT2D eigenvalue weighted by Crippen LogP contribution is -2.03. The van der Waals surface area contributed by atoms with Crippen molar-refractivity contribution in [2.75, 3.05) is 0 Å². The molecule has 0 atom stereocenters. The first-order valence-electron chi connectivity index (χ1n) is 8.84. The van der Waals surface area contributed by atoms with Crippen LogP contribution >= 0.6 is 0 Å². The van der Waals surface area contributed by atoms with Gasteiger partial charge in [-0.15, -0.1) is 0 Å². The number of hydrogen-bond acceptors (Lipinski definition) is 0. The van der Waals surface area contributed by atoms with Crippen LogP contribution in [0.15, 0.2) is 54.6 Å². The van der Waals surface area contributed by atoms with Gasteiger partial charge in [-0.25, -0.2) is 13.2 Å². The van der Waals surface area contributed by atoms with Crippen LogP contribution in [0, 0.1) is 36.2 Å². The van der Waals surface area contributed by atoms with E-state index in [0.717, 1.165) is 34.4 Å². The van der Waals surface area contributed by atoms with Crippen LogP contribution in [-0.4, -0.2) is 6.18 Å². The smallest absolute Gasteiger partial charge is 0.206 e. The molecule has 4 rings (SSSR count). The fourth-order valence-corrected chi connectivity index (χ4v) is 3.37. The molecule has 0 nitrogen and oxygen atoms in total. The summed E-state index contributed by atoms with van der Waals surface area (Å²) in [6, 6.07) is 14.5. The SMILES string of the molecule is Cc1ccc2cc(-c3cc(F)c4c(F)c(C#CC(F)(F)F)c(F)cc4c3)ccc2c1. The maximum absolute atomic E-state index is 14.7. The molecule has 150 valence electrons. The van der Waals surface area contributed by atoms with E-state index in [-0.39, 0.29) is 5.39 Å². The predicted octanol–water partition coefficient (Wildman–Crippen LogP) is 7.30. The highest BCUT2D eigenvalue weighted by Gasteiger charge is 2.24. The summed E-state index contributed by atoms with van der Waals surface area (Å²) in [5.41, 5.74) is 0.985. The first-order chi connectivity index (χ1) is 14.1. The van der Waals surface area contributed by atoms with Gasteiger partial charge < -0.3 is 0 Å². The van der Waals surface area contributed by atoms with Gasteiger partial charge in [0.15, 0.2) is 5.82 Å². The molecule has 0 aliphatic heterocycles. The first kappa shape index (κ1) is 19.8. The highest BCUT2D eigenvalue weighted by molar-refractivity contribution is 5.92. The largest absolute Gasteiger partial charge is 0.458 e. The molecule has 0 amide bonds. The third-order valence-electron chi connectivity index (χ3n) is 4.74. The minimum atomic E-state index is -4.93. The highest BCUT2D eigenvalue weighted by Crippen LogP contribution is 2.32. The molecule has 0 aliphatic rings. The van der Waals surface area contributed by atoms with Crippen LogP contribution in [0.3, 0.4) is 0 Å². The van der Waals surface area contributed by atoms with Gasteiger partial charge in [-0.3, -0.25) is 0 Å². The second-order valence-corrected chi connectivity index (χ2v) is 6.92. The van der Waals surface area contributed by atoms with E-state index in [1.807, 2.05) is 37.3 Å². The van der Waals surface area contributed by atoms with Gasteiger partial charge in [0, 0.05) is 5.92 Å². The van der Waals surface area contributed by atoms with Crippen molar-refractivity contribution in [3.63, 3.8) is 0 Å². The lowest BCUT2D eigenvalue weighted by molar-refractivity contribution is -0.0696. The minimum absolute atomic E-state index is 0.110. The van der Waals surface area contributed by atoms with Crippen LogP contribution in [0.2, 0.25) is 0 Å². The van der Waals surface area contributed by atoms with E-state index in [0.29, 0.717) is 11.1 Å². The van der Waals surface area contributed by atoms with Crippen molar-refractivity contribution in [3.8, 4) is 23.0 Å². The van der Waals surface area contributed by atoms with Crippen LogP contribution in [0.1, 0.15) is 11.1 Å². The highest BCUT2D eigenvalue weighted by atomic mass is 19.4. The molecule has 0 N–H and O–H groups in total. The van der Waals surface area contributed by atoms with E-state index in [9.17, 15) is 26.3 Å². The quantitative estimate of drug-likeness (QED) is 0.226. The third kappa shape index (κ3) is 3.71. The second kappa shape index (κ2) is 7.10. The third-order valence-corrected chi connectivity index (χ3v) is 4.74. The lowest BCUT2D eigenvalue weighted by atomic mass is 9.96. The summed E-state index contributed by atoms with van der Waals surface area (Å²) >= 11 is 0. The molecule has 4 aromatic rings. The molecule has 0 aliphatic carbocycles. The Kier molecular flexibility index (Phi) is 4.70. The van der Waals surface area contributed by atoms with Gasteiger partial charge in [0.2, 0.25) is 0 Å². The van der Waals surface area contributed by atoms with Crippen molar-refractivity contribution >= 4 is 21.5 Å². The van der Waals surface area contributed by atoms with Gasteiger partial charge in [0.1, 0.15) is 11.6 Å². The summed E-state index contributed by atoms with van der Waals surface area (Å²) in [5, 5.41) is 1.18. The van der Waals surface area contributed by atoms with Crippen LogP contribution in [0.4, 0.5) is 26.3 Å². The van der Waals surface area contributed by atoms with Crippen molar-refractivity contribution in [2.45, 2.75) is 13.1 Å². The van der Waals surface area contributed by atoms with Crippen molar-refractivity contribution in [3.05, 3.63) is 83.2 Å². The number of aryl methyl sites for hydroxylation is 1. The molecule has 0 saturated heterocycles. The summed E-state index contributed by atoms with van der Waals surface area (Å²) in [7, 11) is 0. The zero-order valence-electron chi connectivity index (χ0n) is 15.5. The molecule has 0 spiro atoms. The Hall–Kier alpha value is -3.46. The van der Waals surface area contributed by atoms with E-state index in [2.05, 4.69) is 0 Å². The van der Waals surface area contributed by atoms with Crippen LogP contribution < -0.4 is 0 Å². The first-order valence-corrected chi connectivity index (χ1v) is 8.84. The van der Waals surface area contributed by atoms with E-state index in [1.54, 1.807) is 6.07 Å². The summed E-state index contributed by atoms with van der Waals surface area (Å²) in [5.74, 6) is -1.53. The number of fused-ring (bicyclic) bond motifs is 2. The average molecular weight is 414 g/mol. The van der Waals surface area contributed by atoms with Crippen molar-refractivity contribution in [1.29, 1.82) is 0 Å². The number of halogens is 6. The van der Waals surface area contributed by atoms with Crippen LogP contribution in [0.5, 0.6) is 0 Å². The van der Waals surface area contributed by atoms with Gasteiger partial charge in [0.05, 0.1) is 10.9 Å². The Morgan fingerprint density at radius 2 is 1.37 bits per heavy atom. The molecule has 0 fully saturated rings. The van der Waals surface area contributed by atoms with Gasteiger partial charge in [-0.05, 0) is 58.5 Å². The molecular formula is C24H12F6. The fourth-order valence-electron chi connectivity index (χ4n) is 3.37. The van der Waals surface area contributed by atoms with Gasteiger partial charge in [0.25, 0.3) is 0 Å². The van der Waals surface area contributed by atoms with Gasteiger partial charge in [-0.2, -0.15) is 13.2 Å². The van der Waals surface area contributed by atoms with Gasteiger partial charge in [-0.1, -0.05) is 41.8 Å². The molecule has 0 heterocycles. The minimum Gasteiger partial charge on any atom is -0.206 e. The standard InChI is InChI=1S/C24H12F6/c1-13-2-3-15-9-16(5-4-14(15)8-13)17-10-18-12-20(25)19(6-7-24(28,29)30)23(27)22(18)21(26)11-17/h2-5,8-12H,1H3. The summed E-state index contributed by atoms with van der Waals surface area (Å²) in [6.45, 7) is 1.96. The maximum Gasteiger partial charge on any atom is 0.458 e. The summed E-state index contributed by atoms with van der Waals surface area (Å²) < 4.78 is 80.4. The molecule has 0 unspecified atom stereocenters. The summed E-state index contributed by atoms with van der Waals surface area (Å²) in [4.78, 5) is 0. The normalized spacial score (nSPS) is 11.6. The zero-order chi connectivity index (χ0) is 21.6. The maximum atomic E-state index is 14.7. The van der Waals surface area contributed by atoms with E-state index >= 15 is 0 Å². The van der Waals surface area contributed by atoms with Gasteiger partial charge >= 0.3 is 6.18 Å². The Morgan fingerprint density at radius 1 is 0.700 bits per heavy atom. The van der Waals surface area contributed by atoms with E-state index < -0.39 is 34.6 Å². The zero-order valence-corrected chi connectivity index (χ0v) is 15.5. The van der Waals surface area contributed by atoms with Crippen molar-refractivity contribution < 1.29 is 26.3 Å². The molecule has 6 heteroatoms. The number of hydrogen-bond donors (Lipinski definition) is 0. The molecule has 4 aromatic carbocycles. The Balaban J connectivity index is 1.88. The predicted molar refractivity (Wildman–Crippen MR) is 104 cm³/mol. The molecule has 30 heavy (non-hydrogen) atoms. The Labute approximate surface area is 167 Å².